The van der Waals surface area contributed by atoms with Gasteiger partial charge in [0.2, 0.25) is 5.91 Å². The van der Waals surface area contributed by atoms with Crippen LogP contribution < -0.4 is 24.8 Å². The average Bonchev–Trinajstić information content (AvgIpc) is 3.01. The minimum Gasteiger partial charge on any atom is -0.497 e. The van der Waals surface area contributed by atoms with Crippen LogP contribution in [0, 0.1) is 0 Å². The number of hydrogen-bond acceptors (Lipinski definition) is 6. The fourth-order valence-corrected chi connectivity index (χ4v) is 3.19. The molecule has 2 aromatic rings. The molecule has 31 heavy (non-hydrogen) atoms. The van der Waals surface area contributed by atoms with Gasteiger partial charge in [-0.2, -0.15) is 0 Å². The van der Waals surface area contributed by atoms with E-state index in [4.69, 9.17) is 14.2 Å². The van der Waals surface area contributed by atoms with Crippen molar-refractivity contribution in [1.82, 2.24) is 15.5 Å². The maximum Gasteiger partial charge on any atom is 0.325 e. The molecule has 0 saturated carbocycles. The normalized spacial score (nSPS) is 17.8. The van der Waals surface area contributed by atoms with Crippen LogP contribution in [0.2, 0.25) is 0 Å². The number of urea groups is 1. The zero-order chi connectivity index (χ0) is 22.4. The Kier molecular flexibility index (Phi) is 6.64. The molecule has 4 amide bonds. The van der Waals surface area contributed by atoms with Crippen molar-refractivity contribution in [2.24, 2.45) is 0 Å². The van der Waals surface area contributed by atoms with Gasteiger partial charge in [0, 0.05) is 0 Å². The largest absolute Gasteiger partial charge is 0.497 e. The molecule has 0 bridgehead atoms. The molecular formula is C22H25N3O6. The van der Waals surface area contributed by atoms with E-state index in [9.17, 15) is 14.4 Å². The lowest BCUT2D eigenvalue weighted by atomic mass is 9.92. The molecule has 0 aliphatic carbocycles. The highest BCUT2D eigenvalue weighted by atomic mass is 16.5. The maximum atomic E-state index is 12.9. The number of ether oxygens (including phenoxy) is 3. The Balaban J connectivity index is 1.51. The van der Waals surface area contributed by atoms with Crippen molar-refractivity contribution in [2.45, 2.75) is 12.5 Å². The lowest BCUT2D eigenvalue weighted by Crippen LogP contribution is -2.43. The van der Waals surface area contributed by atoms with Gasteiger partial charge in [-0.3, -0.25) is 14.5 Å². The number of methoxy groups -OCH3 is 2. The van der Waals surface area contributed by atoms with Crippen LogP contribution in [0.1, 0.15) is 12.5 Å². The maximum absolute atomic E-state index is 12.9. The van der Waals surface area contributed by atoms with Crippen molar-refractivity contribution >= 4 is 17.8 Å². The van der Waals surface area contributed by atoms with Crippen molar-refractivity contribution in [1.29, 1.82) is 0 Å². The first kappa shape index (κ1) is 21.9. The van der Waals surface area contributed by atoms with E-state index < -0.39 is 23.4 Å². The van der Waals surface area contributed by atoms with Gasteiger partial charge in [-0.05, 0) is 48.9 Å². The molecule has 164 valence electrons. The summed E-state index contributed by atoms with van der Waals surface area (Å²) in [5.41, 5.74) is -0.649. The van der Waals surface area contributed by atoms with Crippen LogP contribution in [0.5, 0.6) is 17.2 Å². The summed E-state index contributed by atoms with van der Waals surface area (Å²) < 4.78 is 15.7. The van der Waals surface area contributed by atoms with E-state index in [1.807, 2.05) is 0 Å². The van der Waals surface area contributed by atoms with Gasteiger partial charge in [0.25, 0.3) is 5.91 Å². The van der Waals surface area contributed by atoms with Crippen molar-refractivity contribution in [3.05, 3.63) is 54.1 Å². The molecule has 9 nitrogen and oxygen atoms in total. The zero-order valence-corrected chi connectivity index (χ0v) is 17.6. The molecule has 1 saturated heterocycles. The van der Waals surface area contributed by atoms with Gasteiger partial charge in [0.15, 0.2) is 0 Å². The highest BCUT2D eigenvalue weighted by Gasteiger charge is 2.49. The Morgan fingerprint density at radius 3 is 2.10 bits per heavy atom. The number of benzene rings is 2. The Labute approximate surface area is 180 Å². The molecule has 1 unspecified atom stereocenters. The molecule has 3 rings (SSSR count). The highest BCUT2D eigenvalue weighted by Crippen LogP contribution is 2.29. The SMILES string of the molecule is COc1ccc(OCCNC(=O)CN2C(=O)NC(C)(c3ccc(OC)cc3)C2=O)cc1. The second-order valence-electron chi connectivity index (χ2n) is 7.05. The van der Waals surface area contributed by atoms with Gasteiger partial charge in [-0.15, -0.1) is 0 Å². The first-order valence-electron chi connectivity index (χ1n) is 9.69. The predicted molar refractivity (Wildman–Crippen MR) is 112 cm³/mol. The number of carbonyl (C=O) groups excluding carboxylic acids is 3. The lowest BCUT2D eigenvalue weighted by Gasteiger charge is -2.22. The molecule has 2 aromatic carbocycles. The summed E-state index contributed by atoms with van der Waals surface area (Å²) in [6.07, 6.45) is 0. The molecule has 0 spiro atoms. The summed E-state index contributed by atoms with van der Waals surface area (Å²) in [6.45, 7) is 1.70. The summed E-state index contributed by atoms with van der Waals surface area (Å²) in [7, 11) is 3.12. The van der Waals surface area contributed by atoms with Crippen LogP contribution in [-0.4, -0.2) is 56.7 Å². The first-order valence-corrected chi connectivity index (χ1v) is 9.69. The summed E-state index contributed by atoms with van der Waals surface area (Å²) in [6, 6.07) is 13.3. The lowest BCUT2D eigenvalue weighted by molar-refractivity contribution is -0.134. The Bertz CT molecular complexity index is 945. The third-order valence-electron chi connectivity index (χ3n) is 5.00. The number of amides is 4. The van der Waals surface area contributed by atoms with E-state index in [-0.39, 0.29) is 19.7 Å². The molecule has 0 radical (unpaired) electrons. The van der Waals surface area contributed by atoms with Crippen LogP contribution in [-0.2, 0) is 15.1 Å². The number of nitrogens with one attached hydrogen (secondary N) is 2. The highest BCUT2D eigenvalue weighted by molar-refractivity contribution is 6.09. The number of hydrogen-bond donors (Lipinski definition) is 2. The summed E-state index contributed by atoms with van der Waals surface area (Å²) >= 11 is 0. The Morgan fingerprint density at radius 2 is 1.52 bits per heavy atom. The van der Waals surface area contributed by atoms with Crippen LogP contribution >= 0.6 is 0 Å². The van der Waals surface area contributed by atoms with E-state index in [1.54, 1.807) is 69.7 Å². The summed E-state index contributed by atoms with van der Waals surface area (Å²) in [5, 5.41) is 5.32. The Morgan fingerprint density at radius 1 is 0.968 bits per heavy atom. The van der Waals surface area contributed by atoms with Gasteiger partial charge in [0.1, 0.15) is 35.9 Å². The molecule has 0 aromatic heterocycles. The fourth-order valence-electron chi connectivity index (χ4n) is 3.19. The molecule has 1 aliphatic heterocycles. The van der Waals surface area contributed by atoms with Gasteiger partial charge < -0.3 is 24.8 Å². The Hall–Kier alpha value is -3.75. The van der Waals surface area contributed by atoms with Crippen LogP contribution in [0.4, 0.5) is 4.79 Å². The van der Waals surface area contributed by atoms with Gasteiger partial charge in [-0.1, -0.05) is 12.1 Å². The fraction of sp³-hybridized carbons (Fsp3) is 0.318. The van der Waals surface area contributed by atoms with E-state index in [0.717, 1.165) is 10.6 Å². The minimum atomic E-state index is -1.25. The van der Waals surface area contributed by atoms with E-state index in [2.05, 4.69) is 10.6 Å². The second-order valence-corrected chi connectivity index (χ2v) is 7.05. The molecule has 1 heterocycles. The molecule has 9 heteroatoms. The monoisotopic (exact) mass is 427 g/mol. The van der Waals surface area contributed by atoms with Gasteiger partial charge in [0.05, 0.1) is 20.8 Å². The van der Waals surface area contributed by atoms with E-state index >= 15 is 0 Å². The third-order valence-corrected chi connectivity index (χ3v) is 5.00. The summed E-state index contributed by atoms with van der Waals surface area (Å²) in [5.74, 6) is 1.04. The first-order chi connectivity index (χ1) is 14.9. The molecule has 1 fully saturated rings. The molecular weight excluding hydrogens is 402 g/mol. The topological polar surface area (TPSA) is 106 Å². The standard InChI is InChI=1S/C22H25N3O6/c1-22(15-4-6-16(29-2)7-5-15)20(27)25(21(28)24-22)14-19(26)23-12-13-31-18-10-8-17(30-3)9-11-18/h4-11H,12-14H2,1-3H3,(H,23,26)(H,24,28). The molecule has 2 N–H and O–H groups in total. The van der Waals surface area contributed by atoms with Crippen LogP contribution in [0.25, 0.3) is 0 Å². The van der Waals surface area contributed by atoms with Crippen molar-refractivity contribution in [3.63, 3.8) is 0 Å². The predicted octanol–water partition coefficient (Wildman–Crippen LogP) is 1.67. The second kappa shape index (κ2) is 9.38. The average molecular weight is 427 g/mol. The number of rotatable bonds is 9. The van der Waals surface area contributed by atoms with Gasteiger partial charge in [-0.25, -0.2) is 4.79 Å². The van der Waals surface area contributed by atoms with Crippen LogP contribution in [0.3, 0.4) is 0 Å². The minimum absolute atomic E-state index is 0.226. The van der Waals surface area contributed by atoms with E-state index in [1.165, 1.54) is 0 Å². The molecule has 1 aliphatic rings. The van der Waals surface area contributed by atoms with Gasteiger partial charge >= 0.3 is 6.03 Å². The number of carbonyl (C=O) groups is 3. The summed E-state index contributed by atoms with van der Waals surface area (Å²) in [4.78, 5) is 38.4. The van der Waals surface area contributed by atoms with Crippen LogP contribution in [0.15, 0.2) is 48.5 Å². The smallest absolute Gasteiger partial charge is 0.325 e. The van der Waals surface area contributed by atoms with Crippen molar-refractivity contribution in [2.75, 3.05) is 33.9 Å². The number of nitrogens with zero attached hydrogens (tertiary/aromatic N) is 1. The third kappa shape index (κ3) is 4.88. The quantitative estimate of drug-likeness (QED) is 0.466. The van der Waals surface area contributed by atoms with Crippen molar-refractivity contribution in [3.8, 4) is 17.2 Å². The van der Waals surface area contributed by atoms with Crippen molar-refractivity contribution < 1.29 is 28.6 Å². The molecule has 1 atom stereocenters. The zero-order valence-electron chi connectivity index (χ0n) is 17.6. The number of imide groups is 1. The van der Waals surface area contributed by atoms with E-state index in [0.29, 0.717) is 17.1 Å².